The summed E-state index contributed by atoms with van der Waals surface area (Å²) in [5.74, 6) is -13.6. The fourth-order valence-corrected chi connectivity index (χ4v) is 1.69. The predicted octanol–water partition coefficient (Wildman–Crippen LogP) is 3.39. The number of hydrogen-bond donors (Lipinski definition) is 0. The monoisotopic (exact) mass is 232 g/mol. The van der Waals surface area contributed by atoms with Gasteiger partial charge in [-0.2, -0.15) is 8.78 Å². The van der Waals surface area contributed by atoms with E-state index in [2.05, 4.69) is 4.74 Å². The summed E-state index contributed by atoms with van der Waals surface area (Å²) < 4.78 is 70.6. The van der Waals surface area contributed by atoms with Crippen LogP contribution in [0.5, 0.6) is 0 Å². The lowest BCUT2D eigenvalue weighted by atomic mass is 9.84. The molecule has 0 aromatic heterocycles. The van der Waals surface area contributed by atoms with Crippen molar-refractivity contribution >= 4 is 0 Å². The summed E-state index contributed by atoms with van der Waals surface area (Å²) in [6.07, 6.45) is -2.02. The summed E-state index contributed by atoms with van der Waals surface area (Å²) in [5, 5.41) is 0. The molecule has 0 bridgehead atoms. The van der Waals surface area contributed by atoms with Gasteiger partial charge in [-0.25, -0.2) is 13.2 Å². The minimum Gasteiger partial charge on any atom is -0.332 e. The van der Waals surface area contributed by atoms with E-state index >= 15 is 0 Å². The zero-order valence-corrected chi connectivity index (χ0v) is 8.66. The van der Waals surface area contributed by atoms with Crippen LogP contribution in [0.3, 0.4) is 0 Å². The van der Waals surface area contributed by atoms with Gasteiger partial charge in [0, 0.05) is 6.92 Å². The van der Waals surface area contributed by atoms with E-state index in [1.165, 1.54) is 6.92 Å². The van der Waals surface area contributed by atoms with E-state index in [9.17, 15) is 22.0 Å². The van der Waals surface area contributed by atoms with Gasteiger partial charge in [0.05, 0.1) is 5.92 Å². The number of halogens is 5. The van der Waals surface area contributed by atoms with Crippen LogP contribution in [0.1, 0.15) is 27.2 Å². The van der Waals surface area contributed by atoms with Gasteiger partial charge < -0.3 is 4.74 Å². The number of rotatable bonds is 1. The SMILES string of the molecule is CCC1OC(C)(F)C(F)(F)[C@@H](C)C1(F)F. The average Bonchev–Trinajstić information content (AvgIpc) is 2.10. The van der Waals surface area contributed by atoms with Crippen LogP contribution in [-0.4, -0.2) is 23.8 Å². The number of ether oxygens (including phenoxy) is 1. The van der Waals surface area contributed by atoms with Crippen molar-refractivity contribution in [3.8, 4) is 0 Å². The van der Waals surface area contributed by atoms with Crippen LogP contribution in [0.15, 0.2) is 0 Å². The maximum atomic E-state index is 13.4. The van der Waals surface area contributed by atoms with Gasteiger partial charge in [0.25, 0.3) is 11.8 Å². The van der Waals surface area contributed by atoms with Gasteiger partial charge in [-0.1, -0.05) is 13.8 Å². The second-order valence-corrected chi connectivity index (χ2v) is 3.95. The second-order valence-electron chi connectivity index (χ2n) is 3.95. The van der Waals surface area contributed by atoms with Crippen LogP contribution in [-0.2, 0) is 4.74 Å². The summed E-state index contributed by atoms with van der Waals surface area (Å²) in [7, 11) is 0. The molecule has 1 aliphatic rings. The molecule has 2 unspecified atom stereocenters. The zero-order chi connectivity index (χ0) is 12.1. The lowest BCUT2D eigenvalue weighted by Gasteiger charge is -2.47. The third-order valence-corrected chi connectivity index (χ3v) is 2.88. The maximum Gasteiger partial charge on any atom is 0.313 e. The second kappa shape index (κ2) is 3.30. The zero-order valence-electron chi connectivity index (χ0n) is 8.66. The Morgan fingerprint density at radius 3 is 2.00 bits per heavy atom. The summed E-state index contributed by atoms with van der Waals surface area (Å²) in [4.78, 5) is 0. The average molecular weight is 232 g/mol. The molecule has 0 amide bonds. The Morgan fingerprint density at radius 2 is 1.60 bits per heavy atom. The van der Waals surface area contributed by atoms with Crippen molar-refractivity contribution in [2.45, 2.75) is 51.0 Å². The van der Waals surface area contributed by atoms with E-state index in [1.54, 1.807) is 0 Å². The Bertz CT molecular complexity index is 251. The first-order valence-electron chi connectivity index (χ1n) is 4.69. The molecule has 1 nitrogen and oxygen atoms in total. The highest BCUT2D eigenvalue weighted by Gasteiger charge is 2.70. The van der Waals surface area contributed by atoms with Crippen molar-refractivity contribution in [1.82, 2.24) is 0 Å². The van der Waals surface area contributed by atoms with Gasteiger partial charge in [0.2, 0.25) is 0 Å². The van der Waals surface area contributed by atoms with Gasteiger partial charge in [-0.3, -0.25) is 0 Å². The molecule has 1 aliphatic heterocycles. The molecule has 0 aromatic rings. The standard InChI is InChI=1S/C9H13F5O/c1-4-6-8(11,12)5(2)9(13,14)7(3,10)15-6/h5-6H,4H2,1-3H3/t5-,6?,7?/m0/s1. The normalized spacial score (nSPS) is 44.0. The highest BCUT2D eigenvalue weighted by molar-refractivity contribution is 5.01. The largest absolute Gasteiger partial charge is 0.332 e. The van der Waals surface area contributed by atoms with E-state index in [0.717, 1.165) is 0 Å². The van der Waals surface area contributed by atoms with E-state index < -0.39 is 29.7 Å². The Kier molecular flexibility index (Phi) is 2.79. The van der Waals surface area contributed by atoms with Crippen molar-refractivity contribution in [3.05, 3.63) is 0 Å². The van der Waals surface area contributed by atoms with Crippen molar-refractivity contribution in [1.29, 1.82) is 0 Å². The van der Waals surface area contributed by atoms with Crippen molar-refractivity contribution in [2.24, 2.45) is 5.92 Å². The molecule has 0 radical (unpaired) electrons. The molecular formula is C9H13F5O. The molecule has 1 rings (SSSR count). The Hall–Kier alpha value is -0.390. The summed E-state index contributed by atoms with van der Waals surface area (Å²) >= 11 is 0. The molecule has 1 heterocycles. The van der Waals surface area contributed by atoms with Crippen molar-refractivity contribution < 1.29 is 26.7 Å². The lowest BCUT2D eigenvalue weighted by molar-refractivity contribution is -0.391. The molecule has 90 valence electrons. The lowest BCUT2D eigenvalue weighted by Crippen LogP contribution is -2.64. The van der Waals surface area contributed by atoms with Gasteiger partial charge >= 0.3 is 5.92 Å². The minimum atomic E-state index is -4.19. The van der Waals surface area contributed by atoms with Crippen LogP contribution in [0.2, 0.25) is 0 Å². The van der Waals surface area contributed by atoms with Crippen molar-refractivity contribution in [2.75, 3.05) is 0 Å². The third-order valence-electron chi connectivity index (χ3n) is 2.88. The molecule has 0 spiro atoms. The quantitative estimate of drug-likeness (QED) is 0.630. The molecule has 1 saturated heterocycles. The fraction of sp³-hybridized carbons (Fsp3) is 1.00. The maximum absolute atomic E-state index is 13.4. The molecule has 0 N–H and O–H groups in total. The highest BCUT2D eigenvalue weighted by Crippen LogP contribution is 2.53. The minimum absolute atomic E-state index is 0.215. The smallest absolute Gasteiger partial charge is 0.313 e. The molecule has 0 saturated carbocycles. The number of alkyl halides is 5. The molecule has 15 heavy (non-hydrogen) atoms. The third kappa shape index (κ3) is 1.62. The topological polar surface area (TPSA) is 9.23 Å². The van der Waals surface area contributed by atoms with Gasteiger partial charge in [0.15, 0.2) is 0 Å². The molecule has 1 fully saturated rings. The Morgan fingerprint density at radius 1 is 1.13 bits per heavy atom. The van der Waals surface area contributed by atoms with Crippen LogP contribution in [0.4, 0.5) is 22.0 Å². The van der Waals surface area contributed by atoms with Crippen LogP contribution < -0.4 is 0 Å². The first-order valence-corrected chi connectivity index (χ1v) is 4.69. The Labute approximate surface area is 84.6 Å². The van der Waals surface area contributed by atoms with E-state index in [4.69, 9.17) is 0 Å². The van der Waals surface area contributed by atoms with E-state index in [0.29, 0.717) is 13.8 Å². The first kappa shape index (κ1) is 12.7. The van der Waals surface area contributed by atoms with E-state index in [-0.39, 0.29) is 6.42 Å². The molecule has 3 atom stereocenters. The summed E-state index contributed by atoms with van der Waals surface area (Å²) in [5.41, 5.74) is 0. The molecular weight excluding hydrogens is 219 g/mol. The molecule has 0 aromatic carbocycles. The van der Waals surface area contributed by atoms with Gasteiger partial charge in [-0.05, 0) is 6.42 Å². The fourth-order valence-electron chi connectivity index (χ4n) is 1.69. The van der Waals surface area contributed by atoms with E-state index in [1.807, 2.05) is 0 Å². The predicted molar refractivity (Wildman–Crippen MR) is 43.7 cm³/mol. The molecule has 0 aliphatic carbocycles. The Balaban J connectivity index is 3.11. The highest BCUT2D eigenvalue weighted by atomic mass is 19.3. The van der Waals surface area contributed by atoms with Crippen molar-refractivity contribution in [3.63, 3.8) is 0 Å². The van der Waals surface area contributed by atoms with Crippen LogP contribution in [0.25, 0.3) is 0 Å². The first-order chi connectivity index (χ1) is 6.57. The summed E-state index contributed by atoms with van der Waals surface area (Å²) in [6, 6.07) is 0. The number of hydrogen-bond acceptors (Lipinski definition) is 1. The van der Waals surface area contributed by atoms with Crippen LogP contribution >= 0.6 is 0 Å². The summed E-state index contributed by atoms with van der Waals surface area (Å²) in [6.45, 7) is 2.47. The van der Waals surface area contributed by atoms with Gasteiger partial charge in [0.1, 0.15) is 6.10 Å². The van der Waals surface area contributed by atoms with Crippen LogP contribution in [0, 0.1) is 5.92 Å². The van der Waals surface area contributed by atoms with Gasteiger partial charge in [-0.15, -0.1) is 0 Å². The molecule has 6 heteroatoms.